The molecule has 1 aliphatic heterocycles. The van der Waals surface area contributed by atoms with Crippen LogP contribution in [0, 0.1) is 0 Å². The van der Waals surface area contributed by atoms with Crippen LogP contribution >= 0.6 is 0 Å². The van der Waals surface area contributed by atoms with Crippen molar-refractivity contribution in [1.82, 2.24) is 14.9 Å². The molecule has 2 heterocycles. The number of fused-ring (bicyclic) bond motifs is 1. The summed E-state index contributed by atoms with van der Waals surface area (Å²) < 4.78 is 5.29. The van der Waals surface area contributed by atoms with E-state index in [1.807, 2.05) is 18.2 Å². The number of benzene rings is 1. The molecule has 0 aliphatic carbocycles. The fourth-order valence-electron chi connectivity index (χ4n) is 2.60. The number of nitrogens with one attached hydrogen (secondary N) is 2. The maximum atomic E-state index is 10.1. The van der Waals surface area contributed by atoms with E-state index < -0.39 is 6.10 Å². The van der Waals surface area contributed by atoms with E-state index >= 15 is 0 Å². The summed E-state index contributed by atoms with van der Waals surface area (Å²) in [6.07, 6.45) is -0.459. The lowest BCUT2D eigenvalue weighted by atomic mass is 10.2. The molecule has 1 unspecified atom stereocenters. The number of β-amino-alcohol motifs (C(OH)–C–C–N with tert-alkyl or cyclic N) is 1. The second-order valence-electron chi connectivity index (χ2n) is 5.54. The van der Waals surface area contributed by atoms with Crippen molar-refractivity contribution in [3.8, 4) is 0 Å². The third kappa shape index (κ3) is 3.75. The highest BCUT2D eigenvalue weighted by molar-refractivity contribution is 5.78. The highest BCUT2D eigenvalue weighted by Crippen LogP contribution is 2.16. The number of aliphatic hydroxyl groups excluding tert-OH is 2. The third-order valence-electron chi connectivity index (χ3n) is 3.81. The van der Waals surface area contributed by atoms with E-state index in [0.29, 0.717) is 19.0 Å². The lowest BCUT2D eigenvalue weighted by Crippen LogP contribution is -2.42. The van der Waals surface area contributed by atoms with Crippen molar-refractivity contribution in [1.29, 1.82) is 0 Å². The lowest BCUT2D eigenvalue weighted by Gasteiger charge is -2.28. The summed E-state index contributed by atoms with van der Waals surface area (Å²) in [6, 6.07) is 5.59. The number of H-pyrrole nitrogens is 1. The zero-order chi connectivity index (χ0) is 15.4. The summed E-state index contributed by atoms with van der Waals surface area (Å²) in [6.45, 7) is 4.27. The van der Waals surface area contributed by atoms with Crippen LogP contribution < -0.4 is 5.32 Å². The van der Waals surface area contributed by atoms with Gasteiger partial charge in [-0.1, -0.05) is 6.07 Å². The van der Waals surface area contributed by atoms with Crippen molar-refractivity contribution in [2.24, 2.45) is 0 Å². The summed E-state index contributed by atoms with van der Waals surface area (Å²) in [5.74, 6) is 0.631. The topological polar surface area (TPSA) is 93.6 Å². The average Bonchev–Trinajstić information content (AvgIpc) is 2.95. The molecule has 1 atom stereocenters. The molecule has 0 radical (unpaired) electrons. The number of rotatable bonds is 6. The highest BCUT2D eigenvalue weighted by Gasteiger charge is 2.15. The maximum Gasteiger partial charge on any atom is 0.201 e. The number of morpholine rings is 1. The van der Waals surface area contributed by atoms with Gasteiger partial charge in [-0.2, -0.15) is 0 Å². The minimum atomic E-state index is -0.459. The molecule has 1 saturated heterocycles. The van der Waals surface area contributed by atoms with Gasteiger partial charge in [-0.3, -0.25) is 4.90 Å². The molecular formula is C15H22N4O3. The van der Waals surface area contributed by atoms with Crippen LogP contribution in [0.1, 0.15) is 5.56 Å². The molecule has 4 N–H and O–H groups in total. The van der Waals surface area contributed by atoms with Crippen molar-refractivity contribution >= 4 is 17.0 Å². The fraction of sp³-hybridized carbons (Fsp3) is 0.533. The first-order chi connectivity index (χ1) is 10.7. The van der Waals surface area contributed by atoms with Crippen LogP contribution in [0.3, 0.4) is 0 Å². The molecule has 1 aliphatic rings. The standard InChI is InChI=1S/C15H22N4O3/c20-10-11-1-2-13-14(7-11)18-15(17-13)16-8-12(21)9-19-3-5-22-6-4-19/h1-2,7,12,20-21H,3-6,8-10H2,(H2,16,17,18). The molecule has 22 heavy (non-hydrogen) atoms. The summed E-state index contributed by atoms with van der Waals surface area (Å²) in [5, 5.41) is 22.4. The average molecular weight is 306 g/mol. The molecule has 2 aromatic rings. The van der Waals surface area contributed by atoms with Crippen molar-refractivity contribution in [3.05, 3.63) is 23.8 Å². The van der Waals surface area contributed by atoms with Crippen LogP contribution in [-0.2, 0) is 11.3 Å². The predicted octanol–water partition coefficient (Wildman–Crippen LogP) is 0.160. The molecule has 0 spiro atoms. The predicted molar refractivity (Wildman–Crippen MR) is 83.8 cm³/mol. The Hall–Kier alpha value is -1.67. The Morgan fingerprint density at radius 1 is 1.36 bits per heavy atom. The molecule has 7 nitrogen and oxygen atoms in total. The quantitative estimate of drug-likeness (QED) is 0.607. The Balaban J connectivity index is 1.54. The zero-order valence-electron chi connectivity index (χ0n) is 12.5. The number of nitrogens with zero attached hydrogens (tertiary/aromatic N) is 2. The smallest absolute Gasteiger partial charge is 0.201 e. The Labute approximate surface area is 128 Å². The van der Waals surface area contributed by atoms with E-state index in [0.717, 1.165) is 42.9 Å². The second kappa shape index (κ2) is 7.06. The SMILES string of the molecule is OCc1ccc2nc(NCC(O)CN3CCOCC3)[nH]c2c1. The van der Waals surface area contributed by atoms with Gasteiger partial charge in [0.25, 0.3) is 0 Å². The number of hydrogen-bond acceptors (Lipinski definition) is 6. The number of hydrogen-bond donors (Lipinski definition) is 4. The van der Waals surface area contributed by atoms with Crippen molar-refractivity contribution in [3.63, 3.8) is 0 Å². The van der Waals surface area contributed by atoms with Gasteiger partial charge in [0, 0.05) is 26.2 Å². The van der Waals surface area contributed by atoms with Gasteiger partial charge in [0.1, 0.15) is 0 Å². The zero-order valence-corrected chi connectivity index (χ0v) is 12.5. The highest BCUT2D eigenvalue weighted by atomic mass is 16.5. The molecule has 7 heteroatoms. The van der Waals surface area contributed by atoms with E-state index in [1.165, 1.54) is 0 Å². The van der Waals surface area contributed by atoms with Crippen LogP contribution in [0.4, 0.5) is 5.95 Å². The first-order valence-electron chi connectivity index (χ1n) is 7.56. The lowest BCUT2D eigenvalue weighted by molar-refractivity contribution is 0.0171. The largest absolute Gasteiger partial charge is 0.392 e. The van der Waals surface area contributed by atoms with Crippen LogP contribution in [-0.4, -0.2) is 70.6 Å². The number of aromatic amines is 1. The van der Waals surface area contributed by atoms with Crippen molar-refractivity contribution < 1.29 is 14.9 Å². The van der Waals surface area contributed by atoms with E-state index in [9.17, 15) is 5.11 Å². The Morgan fingerprint density at radius 3 is 2.95 bits per heavy atom. The normalized spacial score (nSPS) is 17.7. The third-order valence-corrected chi connectivity index (χ3v) is 3.81. The number of imidazole rings is 1. The summed E-state index contributed by atoms with van der Waals surface area (Å²) in [5.41, 5.74) is 2.55. The van der Waals surface area contributed by atoms with E-state index in [-0.39, 0.29) is 6.61 Å². The van der Waals surface area contributed by atoms with Crippen LogP contribution in [0.15, 0.2) is 18.2 Å². The van der Waals surface area contributed by atoms with E-state index in [2.05, 4.69) is 20.2 Å². The van der Waals surface area contributed by atoms with Crippen molar-refractivity contribution in [2.75, 3.05) is 44.7 Å². The molecular weight excluding hydrogens is 284 g/mol. The van der Waals surface area contributed by atoms with Gasteiger partial charge in [-0.25, -0.2) is 4.98 Å². The summed E-state index contributed by atoms with van der Waals surface area (Å²) in [4.78, 5) is 9.76. The molecule has 0 bridgehead atoms. The Kier molecular flexibility index (Phi) is 4.89. The van der Waals surface area contributed by atoms with Gasteiger partial charge in [-0.15, -0.1) is 0 Å². The first-order valence-corrected chi connectivity index (χ1v) is 7.56. The summed E-state index contributed by atoms with van der Waals surface area (Å²) >= 11 is 0. The molecule has 0 saturated carbocycles. The van der Waals surface area contributed by atoms with E-state index in [4.69, 9.17) is 9.84 Å². The Morgan fingerprint density at radius 2 is 2.18 bits per heavy atom. The monoisotopic (exact) mass is 306 g/mol. The van der Waals surface area contributed by atoms with E-state index in [1.54, 1.807) is 0 Å². The van der Waals surface area contributed by atoms with Crippen LogP contribution in [0.5, 0.6) is 0 Å². The number of ether oxygens (including phenoxy) is 1. The van der Waals surface area contributed by atoms with Gasteiger partial charge in [-0.05, 0) is 17.7 Å². The van der Waals surface area contributed by atoms with Gasteiger partial charge in [0.15, 0.2) is 0 Å². The van der Waals surface area contributed by atoms with Gasteiger partial charge >= 0.3 is 0 Å². The second-order valence-corrected chi connectivity index (χ2v) is 5.54. The fourth-order valence-corrected chi connectivity index (χ4v) is 2.60. The maximum absolute atomic E-state index is 10.1. The molecule has 3 rings (SSSR count). The van der Waals surface area contributed by atoms with Gasteiger partial charge in [0.2, 0.25) is 5.95 Å². The van der Waals surface area contributed by atoms with Gasteiger partial charge in [0.05, 0.1) is 37.0 Å². The first kappa shape index (κ1) is 15.2. The minimum absolute atomic E-state index is 0.00991. The number of anilines is 1. The van der Waals surface area contributed by atoms with Crippen molar-refractivity contribution in [2.45, 2.75) is 12.7 Å². The molecule has 1 aromatic heterocycles. The molecule has 0 amide bonds. The Bertz CT molecular complexity index is 610. The molecule has 1 aromatic carbocycles. The summed E-state index contributed by atoms with van der Waals surface area (Å²) in [7, 11) is 0. The van der Waals surface area contributed by atoms with Gasteiger partial charge < -0.3 is 25.3 Å². The van der Waals surface area contributed by atoms with Crippen LogP contribution in [0.25, 0.3) is 11.0 Å². The molecule has 1 fully saturated rings. The minimum Gasteiger partial charge on any atom is -0.392 e. The number of aliphatic hydroxyl groups is 2. The van der Waals surface area contributed by atoms with Crippen LogP contribution in [0.2, 0.25) is 0 Å². The molecule has 120 valence electrons. The number of aromatic nitrogens is 2.